The molecule has 1 atom stereocenters. The second-order valence-corrected chi connectivity index (χ2v) is 5.34. The van der Waals surface area contributed by atoms with Gasteiger partial charge >= 0.3 is 5.97 Å². The molecule has 0 heterocycles. The molecule has 0 bridgehead atoms. The highest BCUT2D eigenvalue weighted by molar-refractivity contribution is 7.98. The van der Waals surface area contributed by atoms with Gasteiger partial charge in [0.05, 0.1) is 13.0 Å². The van der Waals surface area contributed by atoms with Crippen molar-refractivity contribution in [2.45, 2.75) is 26.5 Å². The number of ether oxygens (including phenoxy) is 1. The van der Waals surface area contributed by atoms with Gasteiger partial charge in [-0.15, -0.1) is 0 Å². The van der Waals surface area contributed by atoms with Gasteiger partial charge < -0.3 is 4.74 Å². The highest BCUT2D eigenvalue weighted by Crippen LogP contribution is 2.21. The van der Waals surface area contributed by atoms with Gasteiger partial charge in [0.15, 0.2) is 0 Å². The minimum atomic E-state index is -0.126. The third kappa shape index (κ3) is 4.08. The molecular weight excluding hydrogens is 232 g/mol. The zero-order valence-electron chi connectivity index (χ0n) is 10.9. The van der Waals surface area contributed by atoms with Gasteiger partial charge in [-0.25, -0.2) is 0 Å². The monoisotopic (exact) mass is 252 g/mol. The molecule has 0 saturated carbocycles. The summed E-state index contributed by atoms with van der Waals surface area (Å²) in [6.45, 7) is 6.17. The lowest BCUT2D eigenvalue weighted by Gasteiger charge is -2.11. The van der Waals surface area contributed by atoms with Crippen LogP contribution in [0.4, 0.5) is 0 Å². The highest BCUT2D eigenvalue weighted by Gasteiger charge is 2.13. The molecule has 1 unspecified atom stereocenters. The number of hydrogen-bond acceptors (Lipinski definition) is 3. The quantitative estimate of drug-likeness (QED) is 0.752. The summed E-state index contributed by atoms with van der Waals surface area (Å²) in [7, 11) is 1.44. The molecule has 0 aromatic heterocycles. The van der Waals surface area contributed by atoms with Crippen molar-refractivity contribution in [1.29, 1.82) is 0 Å². The fraction of sp³-hybridized carbons (Fsp3) is 0.500. The van der Waals surface area contributed by atoms with E-state index >= 15 is 0 Å². The predicted molar refractivity (Wildman–Crippen MR) is 73.3 cm³/mol. The summed E-state index contributed by atoms with van der Waals surface area (Å²) >= 11 is 1.79. The fourth-order valence-electron chi connectivity index (χ4n) is 1.68. The van der Waals surface area contributed by atoms with E-state index in [1.165, 1.54) is 23.8 Å². The van der Waals surface area contributed by atoms with E-state index in [1.807, 2.05) is 6.92 Å². The second-order valence-electron chi connectivity index (χ2n) is 4.31. The maximum atomic E-state index is 11.3. The molecule has 1 rings (SSSR count). The average Bonchev–Trinajstić information content (AvgIpc) is 2.31. The number of methoxy groups -OCH3 is 1. The van der Waals surface area contributed by atoms with E-state index in [2.05, 4.69) is 32.0 Å². The zero-order chi connectivity index (χ0) is 12.8. The molecule has 1 aromatic carbocycles. The number of carbonyl (C=O) groups is 1. The zero-order valence-corrected chi connectivity index (χ0v) is 11.8. The van der Waals surface area contributed by atoms with Gasteiger partial charge in [-0.1, -0.05) is 25.1 Å². The van der Waals surface area contributed by atoms with Gasteiger partial charge in [-0.05, 0) is 30.5 Å². The van der Waals surface area contributed by atoms with E-state index in [0.29, 0.717) is 0 Å². The van der Waals surface area contributed by atoms with Crippen LogP contribution in [0.5, 0.6) is 0 Å². The van der Waals surface area contributed by atoms with E-state index in [-0.39, 0.29) is 11.9 Å². The maximum absolute atomic E-state index is 11.3. The number of esters is 1. The number of aryl methyl sites for hydroxylation is 2. The minimum absolute atomic E-state index is 0.0330. The summed E-state index contributed by atoms with van der Waals surface area (Å²) in [6, 6.07) is 6.34. The molecule has 2 nitrogen and oxygen atoms in total. The molecule has 0 amide bonds. The molecule has 0 radical (unpaired) electrons. The van der Waals surface area contributed by atoms with Gasteiger partial charge in [0.25, 0.3) is 0 Å². The molecule has 17 heavy (non-hydrogen) atoms. The van der Waals surface area contributed by atoms with Gasteiger partial charge in [-0.2, -0.15) is 11.8 Å². The van der Waals surface area contributed by atoms with Crippen molar-refractivity contribution in [3.8, 4) is 0 Å². The summed E-state index contributed by atoms with van der Waals surface area (Å²) in [5.41, 5.74) is 4.03. The summed E-state index contributed by atoms with van der Waals surface area (Å²) in [6.07, 6.45) is 0. The van der Waals surface area contributed by atoms with Crippen molar-refractivity contribution in [3.63, 3.8) is 0 Å². The van der Waals surface area contributed by atoms with E-state index in [9.17, 15) is 4.79 Å². The minimum Gasteiger partial charge on any atom is -0.469 e. The largest absolute Gasteiger partial charge is 0.469 e. The highest BCUT2D eigenvalue weighted by atomic mass is 32.2. The lowest BCUT2D eigenvalue weighted by molar-refractivity contribution is -0.143. The van der Waals surface area contributed by atoms with Crippen LogP contribution in [-0.4, -0.2) is 18.8 Å². The number of rotatable bonds is 5. The number of benzene rings is 1. The van der Waals surface area contributed by atoms with Gasteiger partial charge in [0.1, 0.15) is 0 Å². The molecule has 1 aromatic rings. The lowest BCUT2D eigenvalue weighted by Crippen LogP contribution is -2.15. The first-order chi connectivity index (χ1) is 8.06. The van der Waals surface area contributed by atoms with E-state index in [4.69, 9.17) is 4.74 Å². The molecule has 0 aliphatic carbocycles. The topological polar surface area (TPSA) is 26.3 Å². The predicted octanol–water partition coefficient (Wildman–Crippen LogP) is 3.35. The van der Waals surface area contributed by atoms with Crippen molar-refractivity contribution >= 4 is 17.7 Å². The summed E-state index contributed by atoms with van der Waals surface area (Å²) in [4.78, 5) is 11.3. The van der Waals surface area contributed by atoms with Crippen LogP contribution in [0.25, 0.3) is 0 Å². The Labute approximate surface area is 108 Å². The normalized spacial score (nSPS) is 12.2. The van der Waals surface area contributed by atoms with E-state index in [0.717, 1.165) is 11.5 Å². The molecule has 0 fully saturated rings. The Morgan fingerprint density at radius 1 is 1.35 bits per heavy atom. The van der Waals surface area contributed by atoms with Gasteiger partial charge in [0, 0.05) is 11.5 Å². The van der Waals surface area contributed by atoms with E-state index in [1.54, 1.807) is 11.8 Å². The number of carbonyl (C=O) groups excluding carboxylic acids is 1. The van der Waals surface area contributed by atoms with Crippen molar-refractivity contribution in [2.75, 3.05) is 12.9 Å². The molecule has 0 spiro atoms. The molecule has 0 N–H and O–H groups in total. The summed E-state index contributed by atoms with van der Waals surface area (Å²) in [5, 5.41) is 0. The Kier molecular flexibility index (Phi) is 5.56. The molecule has 0 saturated heterocycles. The first-order valence-corrected chi connectivity index (χ1v) is 6.92. The SMILES string of the molecule is COC(=O)C(C)CSCc1c(C)cccc1C. The van der Waals surface area contributed by atoms with Crippen LogP contribution in [0, 0.1) is 19.8 Å². The second kappa shape index (κ2) is 6.70. The maximum Gasteiger partial charge on any atom is 0.309 e. The van der Waals surface area contributed by atoms with Crippen molar-refractivity contribution in [2.24, 2.45) is 5.92 Å². The van der Waals surface area contributed by atoms with Crippen LogP contribution in [-0.2, 0) is 15.3 Å². The van der Waals surface area contributed by atoms with Crippen molar-refractivity contribution in [1.82, 2.24) is 0 Å². The molecule has 3 heteroatoms. The lowest BCUT2D eigenvalue weighted by atomic mass is 10.1. The molecular formula is C14H20O2S. The first-order valence-electron chi connectivity index (χ1n) is 5.77. The molecule has 0 aliphatic rings. The standard InChI is InChI=1S/C14H20O2S/c1-10-6-5-7-11(2)13(10)9-17-8-12(3)14(15)16-4/h5-7,12H,8-9H2,1-4H3. The Morgan fingerprint density at radius 2 is 1.94 bits per heavy atom. The average molecular weight is 252 g/mol. The Bertz CT molecular complexity index is 368. The van der Waals surface area contributed by atoms with Crippen LogP contribution in [0.3, 0.4) is 0 Å². The first kappa shape index (κ1) is 14.1. The van der Waals surface area contributed by atoms with Gasteiger partial charge in [-0.3, -0.25) is 4.79 Å². The van der Waals surface area contributed by atoms with Crippen LogP contribution >= 0.6 is 11.8 Å². The Balaban J connectivity index is 2.49. The molecule has 94 valence electrons. The fourth-order valence-corrected chi connectivity index (χ4v) is 2.95. The van der Waals surface area contributed by atoms with Crippen LogP contribution < -0.4 is 0 Å². The van der Waals surface area contributed by atoms with Gasteiger partial charge in [0.2, 0.25) is 0 Å². The summed E-state index contributed by atoms with van der Waals surface area (Å²) in [5.74, 6) is 1.61. The van der Waals surface area contributed by atoms with Crippen LogP contribution in [0.2, 0.25) is 0 Å². The van der Waals surface area contributed by atoms with Crippen molar-refractivity contribution < 1.29 is 9.53 Å². The van der Waals surface area contributed by atoms with Crippen LogP contribution in [0.1, 0.15) is 23.6 Å². The third-order valence-corrected chi connectivity index (χ3v) is 4.09. The number of thioether (sulfide) groups is 1. The Morgan fingerprint density at radius 3 is 2.47 bits per heavy atom. The molecule has 0 aliphatic heterocycles. The smallest absolute Gasteiger partial charge is 0.309 e. The van der Waals surface area contributed by atoms with E-state index < -0.39 is 0 Å². The van der Waals surface area contributed by atoms with Crippen LogP contribution in [0.15, 0.2) is 18.2 Å². The Hall–Kier alpha value is -0.960. The third-order valence-electron chi connectivity index (χ3n) is 2.86. The summed E-state index contributed by atoms with van der Waals surface area (Å²) < 4.78 is 4.71. The van der Waals surface area contributed by atoms with Crippen molar-refractivity contribution in [3.05, 3.63) is 34.9 Å². The number of hydrogen-bond donors (Lipinski definition) is 0.